The van der Waals surface area contributed by atoms with Crippen molar-refractivity contribution < 1.29 is 4.74 Å². The first-order valence-corrected chi connectivity index (χ1v) is 8.17. The second kappa shape index (κ2) is 6.71. The number of methoxy groups -OCH3 is 1. The van der Waals surface area contributed by atoms with Crippen LogP contribution in [0.4, 0.5) is 0 Å². The Morgan fingerprint density at radius 3 is 2.88 bits per heavy atom. The Kier molecular flexibility index (Phi) is 4.65. The minimum atomic E-state index is -0.515. The normalized spacial score (nSPS) is 21.8. The van der Waals surface area contributed by atoms with Gasteiger partial charge in [-0.2, -0.15) is 10.4 Å². The van der Waals surface area contributed by atoms with Gasteiger partial charge in [0.2, 0.25) is 0 Å². The number of hydrogen-bond donors (Lipinski definition) is 1. The van der Waals surface area contributed by atoms with Gasteiger partial charge in [0, 0.05) is 20.2 Å². The number of likely N-dealkylation sites (tertiary alicyclic amines) is 1. The molecule has 1 saturated heterocycles. The molecule has 1 aliphatic rings. The second-order valence-electron chi connectivity index (χ2n) is 6.80. The van der Waals surface area contributed by atoms with Crippen molar-refractivity contribution in [2.45, 2.75) is 44.4 Å². The summed E-state index contributed by atoms with van der Waals surface area (Å²) in [6, 6.07) is 10.7. The number of benzene rings is 1. The number of nitriles is 1. The Bertz CT molecular complexity index is 719. The number of nitrogens with one attached hydrogen (secondary N) is 1. The van der Waals surface area contributed by atoms with Gasteiger partial charge >= 0.3 is 0 Å². The maximum absolute atomic E-state index is 9.51. The van der Waals surface area contributed by atoms with E-state index in [9.17, 15) is 5.26 Å². The summed E-state index contributed by atoms with van der Waals surface area (Å²) >= 11 is 0. The monoisotopic (exact) mass is 325 g/mol. The third kappa shape index (κ3) is 3.18. The molecule has 0 spiro atoms. The highest BCUT2D eigenvalue weighted by Gasteiger charge is 2.35. The minimum absolute atomic E-state index is 0.149. The van der Waals surface area contributed by atoms with Crippen molar-refractivity contribution in [3.63, 3.8) is 0 Å². The molecule has 0 unspecified atom stereocenters. The highest BCUT2D eigenvalue weighted by Crippen LogP contribution is 2.34. The predicted molar refractivity (Wildman–Crippen MR) is 90.0 cm³/mol. The van der Waals surface area contributed by atoms with E-state index >= 15 is 0 Å². The second-order valence-corrected chi connectivity index (χ2v) is 6.80. The Labute approximate surface area is 142 Å². The van der Waals surface area contributed by atoms with Crippen molar-refractivity contribution in [2.75, 3.05) is 13.7 Å². The molecule has 6 nitrogen and oxygen atoms in total. The molecule has 1 fully saturated rings. The van der Waals surface area contributed by atoms with E-state index in [1.54, 1.807) is 13.4 Å². The average Bonchev–Trinajstić information content (AvgIpc) is 3.24. The van der Waals surface area contributed by atoms with Crippen molar-refractivity contribution in [3.8, 4) is 6.07 Å². The van der Waals surface area contributed by atoms with Crippen LogP contribution < -0.4 is 0 Å². The topological polar surface area (TPSA) is 77.8 Å². The largest absolute Gasteiger partial charge is 0.380 e. The third-order valence-corrected chi connectivity index (χ3v) is 4.79. The van der Waals surface area contributed by atoms with Gasteiger partial charge in [0.1, 0.15) is 12.2 Å². The van der Waals surface area contributed by atoms with Gasteiger partial charge < -0.3 is 4.74 Å². The number of H-pyrrole nitrogens is 1. The summed E-state index contributed by atoms with van der Waals surface area (Å²) < 4.78 is 5.57. The molecule has 1 aromatic carbocycles. The van der Waals surface area contributed by atoms with Crippen LogP contribution >= 0.6 is 0 Å². The number of nitrogens with zero attached hydrogens (tertiary/aromatic N) is 4. The molecule has 2 aromatic rings. The molecule has 1 aromatic heterocycles. The fraction of sp³-hybridized carbons (Fsp3) is 0.500. The lowest BCUT2D eigenvalue weighted by Crippen LogP contribution is -2.27. The first-order valence-electron chi connectivity index (χ1n) is 8.17. The number of aromatic amines is 1. The minimum Gasteiger partial charge on any atom is -0.380 e. The molecular formula is C18H23N5O. The van der Waals surface area contributed by atoms with Crippen molar-refractivity contribution >= 4 is 0 Å². The van der Waals surface area contributed by atoms with Crippen LogP contribution in [-0.2, 0) is 16.7 Å². The highest BCUT2D eigenvalue weighted by atomic mass is 16.5. The Balaban J connectivity index is 1.89. The van der Waals surface area contributed by atoms with E-state index in [-0.39, 0.29) is 12.1 Å². The van der Waals surface area contributed by atoms with Gasteiger partial charge in [0.25, 0.3) is 0 Å². The van der Waals surface area contributed by atoms with Crippen LogP contribution in [0.1, 0.15) is 43.3 Å². The fourth-order valence-electron chi connectivity index (χ4n) is 3.41. The zero-order valence-electron chi connectivity index (χ0n) is 14.4. The summed E-state index contributed by atoms with van der Waals surface area (Å²) in [4.78, 5) is 6.68. The smallest absolute Gasteiger partial charge is 0.141 e. The van der Waals surface area contributed by atoms with E-state index in [0.29, 0.717) is 0 Å². The van der Waals surface area contributed by atoms with Crippen molar-refractivity contribution in [1.29, 1.82) is 5.26 Å². The third-order valence-electron chi connectivity index (χ3n) is 4.79. The van der Waals surface area contributed by atoms with Gasteiger partial charge in [-0.25, -0.2) is 4.98 Å². The number of hydrogen-bond acceptors (Lipinski definition) is 5. The molecule has 0 saturated carbocycles. The van der Waals surface area contributed by atoms with E-state index in [4.69, 9.17) is 4.74 Å². The maximum Gasteiger partial charge on any atom is 0.141 e. The summed E-state index contributed by atoms with van der Waals surface area (Å²) in [6.45, 7) is 5.51. The molecule has 1 aliphatic heterocycles. The van der Waals surface area contributed by atoms with E-state index in [1.165, 1.54) is 5.56 Å². The van der Waals surface area contributed by atoms with Crippen LogP contribution in [0, 0.1) is 11.3 Å². The zero-order chi connectivity index (χ0) is 17.2. The molecule has 2 atom stereocenters. The van der Waals surface area contributed by atoms with Gasteiger partial charge in [0.15, 0.2) is 0 Å². The standard InChI is InChI=1S/C18H23N5O/c1-18(2,11-19)15-7-5-4-6-13(15)9-23-10-14(24-3)8-16(23)17-20-12-21-22-17/h4-7,12,14,16H,8-10H2,1-3H3,(H,20,21,22)/t14-,16+/m1/s1. The van der Waals surface area contributed by atoms with E-state index in [1.807, 2.05) is 32.0 Å². The molecule has 1 N–H and O–H groups in total. The van der Waals surface area contributed by atoms with E-state index in [2.05, 4.69) is 32.2 Å². The van der Waals surface area contributed by atoms with Crippen LogP contribution in [0.5, 0.6) is 0 Å². The molecule has 126 valence electrons. The van der Waals surface area contributed by atoms with Crippen molar-refractivity contribution in [1.82, 2.24) is 20.1 Å². The summed E-state index contributed by atoms with van der Waals surface area (Å²) in [5.41, 5.74) is 1.73. The van der Waals surface area contributed by atoms with E-state index in [0.717, 1.165) is 30.9 Å². The summed E-state index contributed by atoms with van der Waals surface area (Å²) in [6.07, 6.45) is 2.60. The molecule has 3 rings (SSSR count). The summed E-state index contributed by atoms with van der Waals surface area (Å²) in [5, 5.41) is 16.5. The first-order chi connectivity index (χ1) is 11.5. The zero-order valence-corrected chi connectivity index (χ0v) is 14.4. The number of rotatable bonds is 5. The number of aromatic nitrogens is 3. The average molecular weight is 325 g/mol. The fourth-order valence-corrected chi connectivity index (χ4v) is 3.41. The van der Waals surface area contributed by atoms with Gasteiger partial charge in [-0.05, 0) is 31.4 Å². The summed E-state index contributed by atoms with van der Waals surface area (Å²) in [5.74, 6) is 0.867. The van der Waals surface area contributed by atoms with Gasteiger partial charge in [0.05, 0.1) is 23.6 Å². The summed E-state index contributed by atoms with van der Waals surface area (Å²) in [7, 11) is 1.75. The molecular weight excluding hydrogens is 302 g/mol. The number of ether oxygens (including phenoxy) is 1. The van der Waals surface area contributed by atoms with Crippen LogP contribution in [0.25, 0.3) is 0 Å². The molecule has 2 heterocycles. The predicted octanol–water partition coefficient (Wildman–Crippen LogP) is 2.57. The Morgan fingerprint density at radius 2 is 2.21 bits per heavy atom. The lowest BCUT2D eigenvalue weighted by atomic mass is 9.83. The SMILES string of the molecule is CO[C@@H]1C[C@@H](c2ncn[nH]2)N(Cc2ccccc2C(C)(C)C#N)C1. The van der Waals surface area contributed by atoms with Gasteiger partial charge in [-0.1, -0.05) is 24.3 Å². The van der Waals surface area contributed by atoms with Crippen molar-refractivity contribution in [3.05, 3.63) is 47.5 Å². The Morgan fingerprint density at radius 1 is 1.42 bits per heavy atom. The van der Waals surface area contributed by atoms with Crippen LogP contribution in [0.2, 0.25) is 0 Å². The maximum atomic E-state index is 9.51. The lowest BCUT2D eigenvalue weighted by molar-refractivity contribution is 0.107. The van der Waals surface area contributed by atoms with Crippen LogP contribution in [-0.4, -0.2) is 39.8 Å². The van der Waals surface area contributed by atoms with Crippen molar-refractivity contribution in [2.24, 2.45) is 0 Å². The molecule has 6 heteroatoms. The van der Waals surface area contributed by atoms with E-state index < -0.39 is 5.41 Å². The first kappa shape index (κ1) is 16.6. The quantitative estimate of drug-likeness (QED) is 0.914. The van der Waals surface area contributed by atoms with Gasteiger partial charge in [-0.3, -0.25) is 10.00 Å². The molecule has 0 radical (unpaired) electrons. The lowest BCUT2D eigenvalue weighted by Gasteiger charge is -2.26. The molecule has 0 amide bonds. The molecule has 0 bridgehead atoms. The van der Waals surface area contributed by atoms with Crippen LogP contribution in [0.15, 0.2) is 30.6 Å². The van der Waals surface area contributed by atoms with Gasteiger partial charge in [-0.15, -0.1) is 0 Å². The molecule has 24 heavy (non-hydrogen) atoms. The van der Waals surface area contributed by atoms with Crippen LogP contribution in [0.3, 0.4) is 0 Å². The molecule has 0 aliphatic carbocycles. The highest BCUT2D eigenvalue weighted by molar-refractivity contribution is 5.37. The Hall–Kier alpha value is -2.23.